The van der Waals surface area contributed by atoms with Crippen LogP contribution in [0, 0.1) is 0 Å². The van der Waals surface area contributed by atoms with E-state index in [0.29, 0.717) is 17.5 Å². The lowest BCUT2D eigenvalue weighted by Crippen LogP contribution is -2.00. The van der Waals surface area contributed by atoms with Gasteiger partial charge in [0, 0.05) is 73.5 Å². The zero-order valence-corrected chi connectivity index (χ0v) is 32.1. The van der Waals surface area contributed by atoms with Gasteiger partial charge in [0.1, 0.15) is 0 Å². The monoisotopic (exact) mass is 762 g/mol. The molecule has 0 radical (unpaired) electrons. The summed E-state index contributed by atoms with van der Waals surface area (Å²) in [7, 11) is 0. The standard InChI is InChI=1S/C51H30N4S2/c1-3-13-31(14-4-1)49-52-50(32-15-5-2-6-16-32)54-51(53-49)40-22-12-21-39-38-20-11-19-35(47(38)57-48(39)40)33-25-27-45-41(29-33)42-30-34(26-28-46(42)56-45)55-43-23-9-7-17-36(43)37-18-8-10-24-44(37)55/h1-30H. The molecule has 0 atom stereocenters. The predicted molar refractivity (Wildman–Crippen MR) is 242 cm³/mol. The Morgan fingerprint density at radius 3 is 1.49 bits per heavy atom. The highest BCUT2D eigenvalue weighted by Crippen LogP contribution is 2.45. The Kier molecular flexibility index (Phi) is 7.24. The molecule has 0 spiro atoms. The maximum Gasteiger partial charge on any atom is 0.165 e. The zero-order chi connectivity index (χ0) is 37.5. The molecule has 0 saturated heterocycles. The second-order valence-electron chi connectivity index (χ2n) is 14.4. The highest BCUT2D eigenvalue weighted by atomic mass is 32.1. The average Bonchev–Trinajstić information content (AvgIpc) is 3.96. The van der Waals surface area contributed by atoms with Gasteiger partial charge in [0.05, 0.1) is 11.0 Å². The molecule has 0 saturated carbocycles. The van der Waals surface area contributed by atoms with Crippen LogP contribution in [0.4, 0.5) is 0 Å². The molecular weight excluding hydrogens is 733 g/mol. The Hall–Kier alpha value is -6.99. The zero-order valence-electron chi connectivity index (χ0n) is 30.4. The summed E-state index contributed by atoms with van der Waals surface area (Å²) in [5.74, 6) is 2.00. The lowest BCUT2D eigenvalue weighted by atomic mass is 10.00. The maximum absolute atomic E-state index is 5.10. The van der Waals surface area contributed by atoms with Crippen LogP contribution in [-0.2, 0) is 0 Å². The van der Waals surface area contributed by atoms with Crippen molar-refractivity contribution in [2.75, 3.05) is 0 Å². The number of para-hydroxylation sites is 2. The van der Waals surface area contributed by atoms with Gasteiger partial charge in [-0.05, 0) is 59.7 Å². The molecular formula is C51H30N4S2. The van der Waals surface area contributed by atoms with E-state index in [9.17, 15) is 0 Å². The second kappa shape index (κ2) is 12.8. The second-order valence-corrected chi connectivity index (χ2v) is 16.5. The average molecular weight is 763 g/mol. The van der Waals surface area contributed by atoms with Gasteiger partial charge >= 0.3 is 0 Å². The molecule has 0 N–H and O–H groups in total. The summed E-state index contributed by atoms with van der Waals surface area (Å²) < 4.78 is 7.41. The van der Waals surface area contributed by atoms with E-state index >= 15 is 0 Å². The SMILES string of the molecule is c1ccc(-c2nc(-c3ccccc3)nc(-c3cccc4c3sc3c(-c5ccc6sc7ccc(-n8c9ccccc9c9ccccc98)cc7c6c5)cccc34)n2)cc1. The van der Waals surface area contributed by atoms with E-state index < -0.39 is 0 Å². The number of thiophene rings is 2. The topological polar surface area (TPSA) is 43.6 Å². The minimum atomic E-state index is 0.663. The fourth-order valence-electron chi connectivity index (χ4n) is 8.43. The van der Waals surface area contributed by atoms with Crippen molar-refractivity contribution in [2.24, 2.45) is 0 Å². The van der Waals surface area contributed by atoms with Gasteiger partial charge in [-0.25, -0.2) is 15.0 Å². The molecule has 8 aromatic carbocycles. The third kappa shape index (κ3) is 5.15. The third-order valence-corrected chi connectivity index (χ3v) is 13.5. The fraction of sp³-hybridized carbons (Fsp3) is 0. The third-order valence-electron chi connectivity index (χ3n) is 11.1. The number of hydrogen-bond donors (Lipinski definition) is 0. The molecule has 6 heteroatoms. The van der Waals surface area contributed by atoms with Crippen LogP contribution >= 0.6 is 22.7 Å². The minimum Gasteiger partial charge on any atom is -0.309 e. The molecule has 0 bridgehead atoms. The Labute approximate surface area is 335 Å². The highest BCUT2D eigenvalue weighted by Gasteiger charge is 2.19. The summed E-state index contributed by atoms with van der Waals surface area (Å²) in [5.41, 5.74) is 8.98. The van der Waals surface area contributed by atoms with Crippen molar-refractivity contribution in [3.8, 4) is 51.0 Å². The molecule has 12 rings (SSSR count). The molecule has 266 valence electrons. The molecule has 12 aromatic rings. The Bertz CT molecular complexity index is 3410. The number of hydrogen-bond acceptors (Lipinski definition) is 5. The summed E-state index contributed by atoms with van der Waals surface area (Å²) in [6.07, 6.45) is 0. The fourth-order valence-corrected chi connectivity index (χ4v) is 10.8. The normalized spacial score (nSPS) is 11.9. The van der Waals surface area contributed by atoms with Crippen molar-refractivity contribution >= 4 is 84.8 Å². The van der Waals surface area contributed by atoms with E-state index in [-0.39, 0.29) is 0 Å². The summed E-state index contributed by atoms with van der Waals surface area (Å²) in [6, 6.07) is 64.9. The van der Waals surface area contributed by atoms with Gasteiger partial charge in [-0.1, -0.05) is 133 Å². The van der Waals surface area contributed by atoms with Crippen molar-refractivity contribution in [3.05, 3.63) is 182 Å². The molecule has 57 heavy (non-hydrogen) atoms. The van der Waals surface area contributed by atoms with Gasteiger partial charge in [-0.2, -0.15) is 0 Å². The summed E-state index contributed by atoms with van der Waals surface area (Å²) in [5, 5.41) is 7.54. The molecule has 4 aromatic heterocycles. The lowest BCUT2D eigenvalue weighted by Gasteiger charge is -2.09. The van der Waals surface area contributed by atoms with E-state index in [0.717, 1.165) is 16.7 Å². The predicted octanol–water partition coefficient (Wildman–Crippen LogP) is 14.4. The maximum atomic E-state index is 5.10. The molecule has 4 heterocycles. The van der Waals surface area contributed by atoms with Gasteiger partial charge in [-0.15, -0.1) is 22.7 Å². The van der Waals surface area contributed by atoms with Crippen molar-refractivity contribution in [3.63, 3.8) is 0 Å². The van der Waals surface area contributed by atoms with Gasteiger partial charge < -0.3 is 4.57 Å². The minimum absolute atomic E-state index is 0.663. The van der Waals surface area contributed by atoms with Crippen molar-refractivity contribution in [1.82, 2.24) is 19.5 Å². The summed E-state index contributed by atoms with van der Waals surface area (Å²) in [4.78, 5) is 15.1. The van der Waals surface area contributed by atoms with Gasteiger partial charge in [-0.3, -0.25) is 0 Å². The summed E-state index contributed by atoms with van der Waals surface area (Å²) >= 11 is 3.68. The summed E-state index contributed by atoms with van der Waals surface area (Å²) in [6.45, 7) is 0. The lowest BCUT2D eigenvalue weighted by molar-refractivity contribution is 1.08. The first kappa shape index (κ1) is 32.3. The molecule has 0 aliphatic heterocycles. The van der Waals surface area contributed by atoms with E-state index in [1.165, 1.54) is 79.0 Å². The number of nitrogens with zero attached hydrogens (tertiary/aromatic N) is 4. The Balaban J connectivity index is 1.02. The molecule has 0 unspecified atom stereocenters. The first-order chi connectivity index (χ1) is 28.2. The molecule has 0 aliphatic rings. The van der Waals surface area contributed by atoms with Crippen LogP contribution in [0.1, 0.15) is 0 Å². The molecule has 0 amide bonds. The molecule has 0 aliphatic carbocycles. The van der Waals surface area contributed by atoms with E-state index in [1.54, 1.807) is 0 Å². The van der Waals surface area contributed by atoms with Crippen LogP contribution in [0.2, 0.25) is 0 Å². The Morgan fingerprint density at radius 2 is 0.842 bits per heavy atom. The van der Waals surface area contributed by atoms with E-state index in [1.807, 2.05) is 59.1 Å². The van der Waals surface area contributed by atoms with Crippen LogP contribution in [0.3, 0.4) is 0 Å². The first-order valence-corrected chi connectivity index (χ1v) is 20.7. The van der Waals surface area contributed by atoms with Crippen molar-refractivity contribution in [1.29, 1.82) is 0 Å². The smallest absolute Gasteiger partial charge is 0.165 e. The van der Waals surface area contributed by atoms with Crippen molar-refractivity contribution in [2.45, 2.75) is 0 Å². The van der Waals surface area contributed by atoms with Crippen LogP contribution in [0.25, 0.3) is 113 Å². The number of aromatic nitrogens is 4. The first-order valence-electron chi connectivity index (χ1n) is 19.0. The quantitative estimate of drug-likeness (QED) is 0.175. The van der Waals surface area contributed by atoms with Gasteiger partial charge in [0.15, 0.2) is 17.5 Å². The van der Waals surface area contributed by atoms with Crippen LogP contribution in [-0.4, -0.2) is 19.5 Å². The van der Waals surface area contributed by atoms with Crippen LogP contribution in [0.5, 0.6) is 0 Å². The van der Waals surface area contributed by atoms with Crippen LogP contribution < -0.4 is 0 Å². The number of rotatable bonds is 5. The Morgan fingerprint density at radius 1 is 0.333 bits per heavy atom. The largest absolute Gasteiger partial charge is 0.309 e. The highest BCUT2D eigenvalue weighted by molar-refractivity contribution is 7.27. The number of benzene rings is 8. The number of fused-ring (bicyclic) bond motifs is 9. The molecule has 0 fully saturated rings. The van der Waals surface area contributed by atoms with E-state index in [4.69, 9.17) is 15.0 Å². The van der Waals surface area contributed by atoms with Gasteiger partial charge in [0.2, 0.25) is 0 Å². The van der Waals surface area contributed by atoms with E-state index in [2.05, 4.69) is 150 Å². The molecule has 4 nitrogen and oxygen atoms in total. The van der Waals surface area contributed by atoms with Crippen LogP contribution in [0.15, 0.2) is 182 Å². The van der Waals surface area contributed by atoms with Crippen molar-refractivity contribution < 1.29 is 0 Å². The van der Waals surface area contributed by atoms with Gasteiger partial charge in [0.25, 0.3) is 0 Å².